The highest BCUT2D eigenvalue weighted by atomic mass is 35.5. The fourth-order valence-corrected chi connectivity index (χ4v) is 2.28. The Morgan fingerprint density at radius 2 is 2.21 bits per heavy atom. The van der Waals surface area contributed by atoms with Crippen LogP contribution in [0.25, 0.3) is 0 Å². The van der Waals surface area contributed by atoms with Gasteiger partial charge in [0.15, 0.2) is 5.17 Å². The molecule has 0 fully saturated rings. The van der Waals surface area contributed by atoms with Crippen molar-refractivity contribution in [2.24, 2.45) is 4.99 Å². The number of methoxy groups -OCH3 is 1. The van der Waals surface area contributed by atoms with E-state index in [9.17, 15) is 9.59 Å². The van der Waals surface area contributed by atoms with Gasteiger partial charge in [0.1, 0.15) is 0 Å². The highest BCUT2D eigenvalue weighted by Gasteiger charge is 2.23. The van der Waals surface area contributed by atoms with Crippen LogP contribution < -0.4 is 5.32 Å². The molecule has 1 aromatic carbocycles. The van der Waals surface area contributed by atoms with Gasteiger partial charge < -0.3 is 10.1 Å². The molecule has 5 nitrogen and oxygen atoms in total. The normalized spacial score (nSPS) is 16.4. The predicted molar refractivity (Wildman–Crippen MR) is 75.2 cm³/mol. The van der Waals surface area contributed by atoms with Gasteiger partial charge in [-0.1, -0.05) is 23.7 Å². The van der Waals surface area contributed by atoms with Crippen LogP contribution in [0, 0.1) is 0 Å². The molecule has 0 atom stereocenters. The maximum atomic E-state index is 11.6. The van der Waals surface area contributed by atoms with Crippen LogP contribution in [0.3, 0.4) is 0 Å². The number of esters is 1. The van der Waals surface area contributed by atoms with Gasteiger partial charge in [-0.2, -0.15) is 4.99 Å². The third kappa shape index (κ3) is 3.36. The van der Waals surface area contributed by atoms with Gasteiger partial charge in [0.25, 0.3) is 5.91 Å². The van der Waals surface area contributed by atoms with Crippen molar-refractivity contribution in [1.29, 1.82) is 0 Å². The zero-order valence-electron chi connectivity index (χ0n) is 9.84. The highest BCUT2D eigenvalue weighted by Crippen LogP contribution is 2.29. The van der Waals surface area contributed by atoms with Gasteiger partial charge in [-0.3, -0.25) is 4.79 Å². The summed E-state index contributed by atoms with van der Waals surface area (Å²) in [5.74, 6) is -1.07. The van der Waals surface area contributed by atoms with E-state index in [2.05, 4.69) is 15.0 Å². The van der Waals surface area contributed by atoms with Crippen molar-refractivity contribution < 1.29 is 14.3 Å². The molecule has 0 saturated heterocycles. The zero-order valence-corrected chi connectivity index (χ0v) is 11.4. The van der Waals surface area contributed by atoms with Gasteiger partial charge in [0, 0.05) is 6.08 Å². The molecular weight excluding hydrogens is 288 g/mol. The SMILES string of the molecule is COC(=O)/C=C1\SC(Nc2ccccc2Cl)=NC1=O. The number of halogens is 1. The highest BCUT2D eigenvalue weighted by molar-refractivity contribution is 8.18. The van der Waals surface area contributed by atoms with Crippen LogP contribution in [-0.2, 0) is 14.3 Å². The van der Waals surface area contributed by atoms with Crippen molar-refractivity contribution in [1.82, 2.24) is 0 Å². The molecule has 0 radical (unpaired) electrons. The van der Waals surface area contributed by atoms with E-state index in [4.69, 9.17) is 11.6 Å². The number of benzene rings is 1. The maximum absolute atomic E-state index is 11.6. The van der Waals surface area contributed by atoms with E-state index in [0.717, 1.165) is 17.8 Å². The first kappa shape index (κ1) is 13.6. The average molecular weight is 297 g/mol. The zero-order chi connectivity index (χ0) is 13.8. The van der Waals surface area contributed by atoms with E-state index in [0.29, 0.717) is 15.9 Å². The number of nitrogens with zero attached hydrogens (tertiary/aromatic N) is 1. The molecule has 1 aromatic rings. The summed E-state index contributed by atoms with van der Waals surface area (Å²) in [6.07, 6.45) is 1.11. The quantitative estimate of drug-likeness (QED) is 0.670. The van der Waals surface area contributed by atoms with Gasteiger partial charge in [-0.25, -0.2) is 4.79 Å². The van der Waals surface area contributed by atoms with E-state index < -0.39 is 11.9 Å². The summed E-state index contributed by atoms with van der Waals surface area (Å²) in [6.45, 7) is 0. The van der Waals surface area contributed by atoms with Crippen LogP contribution in [0.4, 0.5) is 5.69 Å². The lowest BCUT2D eigenvalue weighted by Crippen LogP contribution is -2.05. The molecule has 0 saturated carbocycles. The number of thioether (sulfide) groups is 1. The Balaban J connectivity index is 2.11. The Morgan fingerprint density at radius 3 is 2.89 bits per heavy atom. The third-order valence-electron chi connectivity index (χ3n) is 2.19. The molecule has 0 unspecified atom stereocenters. The number of amides is 1. The van der Waals surface area contributed by atoms with E-state index in [-0.39, 0.29) is 4.91 Å². The van der Waals surface area contributed by atoms with Crippen molar-refractivity contribution in [2.45, 2.75) is 0 Å². The molecule has 0 spiro atoms. The van der Waals surface area contributed by atoms with E-state index in [1.54, 1.807) is 24.3 Å². The van der Waals surface area contributed by atoms with Crippen molar-refractivity contribution in [3.05, 3.63) is 40.3 Å². The molecule has 1 amide bonds. The second kappa shape index (κ2) is 5.90. The van der Waals surface area contributed by atoms with Crippen molar-refractivity contribution in [3.8, 4) is 0 Å². The van der Waals surface area contributed by atoms with Crippen LogP contribution in [0.1, 0.15) is 0 Å². The summed E-state index contributed by atoms with van der Waals surface area (Å²) in [5.41, 5.74) is 0.641. The van der Waals surface area contributed by atoms with Crippen LogP contribution >= 0.6 is 23.4 Å². The molecule has 1 aliphatic rings. The molecule has 2 rings (SSSR count). The van der Waals surface area contributed by atoms with Crippen LogP contribution in [0.2, 0.25) is 5.02 Å². The molecule has 0 bridgehead atoms. The molecule has 1 heterocycles. The van der Waals surface area contributed by atoms with Gasteiger partial charge in [-0.05, 0) is 23.9 Å². The van der Waals surface area contributed by atoms with Crippen LogP contribution in [0.15, 0.2) is 40.2 Å². The minimum absolute atomic E-state index is 0.210. The largest absolute Gasteiger partial charge is 0.466 e. The summed E-state index contributed by atoms with van der Waals surface area (Å²) in [4.78, 5) is 26.6. The number of anilines is 1. The molecule has 0 aromatic heterocycles. The summed E-state index contributed by atoms with van der Waals surface area (Å²) in [5, 5.41) is 3.81. The topological polar surface area (TPSA) is 67.8 Å². The van der Waals surface area contributed by atoms with Crippen molar-refractivity contribution >= 4 is 46.1 Å². The fourth-order valence-electron chi connectivity index (χ4n) is 1.31. The van der Waals surface area contributed by atoms with Gasteiger partial charge in [0.2, 0.25) is 0 Å². The number of amidine groups is 1. The minimum Gasteiger partial charge on any atom is -0.466 e. The first-order chi connectivity index (χ1) is 9.10. The molecule has 98 valence electrons. The Labute approximate surface area is 118 Å². The van der Waals surface area contributed by atoms with Crippen LogP contribution in [0.5, 0.6) is 0 Å². The van der Waals surface area contributed by atoms with Gasteiger partial charge in [-0.15, -0.1) is 0 Å². The third-order valence-corrected chi connectivity index (χ3v) is 3.41. The van der Waals surface area contributed by atoms with E-state index in [1.807, 2.05) is 0 Å². The Kier molecular flexibility index (Phi) is 4.24. The first-order valence-electron chi connectivity index (χ1n) is 5.22. The molecule has 19 heavy (non-hydrogen) atoms. The number of rotatable bonds is 2. The monoisotopic (exact) mass is 296 g/mol. The average Bonchev–Trinajstić information content (AvgIpc) is 2.72. The number of hydrogen-bond acceptors (Lipinski definition) is 5. The summed E-state index contributed by atoms with van der Waals surface area (Å²) >= 11 is 7.04. The molecule has 1 aliphatic heterocycles. The Hall–Kier alpha value is -1.79. The Bertz CT molecular complexity index is 598. The fraction of sp³-hybridized carbons (Fsp3) is 0.0833. The second-order valence-corrected chi connectivity index (χ2v) is 4.90. The summed E-state index contributed by atoms with van der Waals surface area (Å²) in [6, 6.07) is 7.08. The standard InChI is InChI=1S/C12H9ClN2O3S/c1-18-10(16)6-9-11(17)15-12(19-9)14-8-5-3-2-4-7(8)13/h2-6H,1H3,(H,14,15,17)/b9-6-. The smallest absolute Gasteiger partial charge is 0.331 e. The molecular formula is C12H9ClN2O3S. The lowest BCUT2D eigenvalue weighted by atomic mass is 10.3. The summed E-state index contributed by atoms with van der Waals surface area (Å²) in [7, 11) is 1.24. The lowest BCUT2D eigenvalue weighted by molar-refractivity contribution is -0.135. The van der Waals surface area contributed by atoms with Gasteiger partial charge >= 0.3 is 5.97 Å². The number of hydrogen-bond donors (Lipinski definition) is 1. The van der Waals surface area contributed by atoms with Crippen molar-refractivity contribution in [3.63, 3.8) is 0 Å². The number of nitrogens with one attached hydrogen (secondary N) is 1. The number of para-hydroxylation sites is 1. The summed E-state index contributed by atoms with van der Waals surface area (Å²) < 4.78 is 4.46. The van der Waals surface area contributed by atoms with E-state index >= 15 is 0 Å². The Morgan fingerprint density at radius 1 is 1.47 bits per heavy atom. The lowest BCUT2D eigenvalue weighted by Gasteiger charge is -2.05. The first-order valence-corrected chi connectivity index (χ1v) is 6.41. The number of carbonyl (C=O) groups is 2. The van der Waals surface area contributed by atoms with Crippen molar-refractivity contribution in [2.75, 3.05) is 12.4 Å². The molecule has 1 N–H and O–H groups in total. The van der Waals surface area contributed by atoms with E-state index in [1.165, 1.54) is 7.11 Å². The molecule has 0 aliphatic carbocycles. The second-order valence-electron chi connectivity index (χ2n) is 3.46. The van der Waals surface area contributed by atoms with Gasteiger partial charge in [0.05, 0.1) is 22.7 Å². The molecule has 7 heteroatoms. The predicted octanol–water partition coefficient (Wildman–Crippen LogP) is 2.44. The number of ether oxygens (including phenoxy) is 1. The van der Waals surface area contributed by atoms with Crippen LogP contribution in [-0.4, -0.2) is 24.2 Å². The minimum atomic E-state index is -0.593. The number of carbonyl (C=O) groups excluding carboxylic acids is 2. The number of aliphatic imine (C=N–C) groups is 1. The maximum Gasteiger partial charge on any atom is 0.331 e.